The third-order valence-corrected chi connectivity index (χ3v) is 4.51. The summed E-state index contributed by atoms with van der Waals surface area (Å²) in [6.45, 7) is 4.88. The topological polar surface area (TPSA) is 67.4 Å². The van der Waals surface area contributed by atoms with Gasteiger partial charge in [-0.15, -0.1) is 0 Å². The summed E-state index contributed by atoms with van der Waals surface area (Å²) in [7, 11) is 0. The van der Waals surface area contributed by atoms with E-state index in [2.05, 4.69) is 24.5 Å². The van der Waals surface area contributed by atoms with Crippen LogP contribution >= 0.6 is 0 Å². The molecule has 0 heterocycles. The molecule has 154 valence electrons. The number of benzene rings is 3. The van der Waals surface area contributed by atoms with Gasteiger partial charge >= 0.3 is 0 Å². The maximum Gasteiger partial charge on any atom is 0.257 e. The van der Waals surface area contributed by atoms with Gasteiger partial charge in [-0.3, -0.25) is 9.59 Å². The van der Waals surface area contributed by atoms with Gasteiger partial charge in [0, 0.05) is 11.3 Å². The highest BCUT2D eigenvalue weighted by molar-refractivity contribution is 6.12. The van der Waals surface area contributed by atoms with Crippen LogP contribution in [0.15, 0.2) is 78.9 Å². The van der Waals surface area contributed by atoms with E-state index in [1.807, 2.05) is 36.4 Å². The number of hydrogen-bond donors (Lipinski definition) is 2. The molecule has 0 saturated heterocycles. The summed E-state index contributed by atoms with van der Waals surface area (Å²) in [6.07, 6.45) is 0.945. The zero-order valence-electron chi connectivity index (χ0n) is 17.2. The van der Waals surface area contributed by atoms with Crippen molar-refractivity contribution in [1.29, 1.82) is 0 Å². The quantitative estimate of drug-likeness (QED) is 0.514. The second kappa shape index (κ2) is 10.3. The van der Waals surface area contributed by atoms with Crippen molar-refractivity contribution in [2.75, 3.05) is 17.2 Å². The molecule has 3 rings (SSSR count). The lowest BCUT2D eigenvalue weighted by atomic mass is 10.1. The average molecular weight is 402 g/mol. The zero-order valence-corrected chi connectivity index (χ0v) is 17.2. The van der Waals surface area contributed by atoms with Crippen molar-refractivity contribution < 1.29 is 14.3 Å². The maximum absolute atomic E-state index is 12.8. The van der Waals surface area contributed by atoms with Crippen molar-refractivity contribution in [3.63, 3.8) is 0 Å². The van der Waals surface area contributed by atoms with Gasteiger partial charge in [-0.2, -0.15) is 0 Å². The van der Waals surface area contributed by atoms with Crippen LogP contribution in [0.3, 0.4) is 0 Å². The molecule has 2 N–H and O–H groups in total. The molecule has 5 nitrogen and oxygen atoms in total. The number of anilines is 2. The summed E-state index contributed by atoms with van der Waals surface area (Å²) in [5.41, 5.74) is 1.99. The molecule has 0 radical (unpaired) electrons. The Hall–Kier alpha value is -3.60. The van der Waals surface area contributed by atoms with Gasteiger partial charge in [0.2, 0.25) is 0 Å². The predicted molar refractivity (Wildman–Crippen MR) is 120 cm³/mol. The number of para-hydroxylation sites is 2. The van der Waals surface area contributed by atoms with Crippen LogP contribution in [0.25, 0.3) is 0 Å². The Morgan fingerprint density at radius 2 is 1.57 bits per heavy atom. The monoisotopic (exact) mass is 402 g/mol. The Labute approximate surface area is 177 Å². The van der Waals surface area contributed by atoms with Gasteiger partial charge in [-0.1, -0.05) is 50.2 Å². The van der Waals surface area contributed by atoms with E-state index in [0.717, 1.165) is 6.42 Å². The molecule has 0 aromatic heterocycles. The molecule has 0 aliphatic heterocycles. The Balaban J connectivity index is 1.71. The SMILES string of the molecule is CC(C)CCOc1cccc(C(=O)Nc2ccccc2C(=O)Nc2ccccc2)c1. The van der Waals surface area contributed by atoms with Crippen LogP contribution in [-0.4, -0.2) is 18.4 Å². The van der Waals surface area contributed by atoms with E-state index in [-0.39, 0.29) is 11.8 Å². The fourth-order valence-corrected chi connectivity index (χ4v) is 2.84. The second-order valence-corrected chi connectivity index (χ2v) is 7.38. The van der Waals surface area contributed by atoms with Gasteiger partial charge in [-0.05, 0) is 54.8 Å². The summed E-state index contributed by atoms with van der Waals surface area (Å²) in [4.78, 5) is 25.5. The largest absolute Gasteiger partial charge is 0.494 e. The Morgan fingerprint density at radius 3 is 2.33 bits per heavy atom. The average Bonchev–Trinajstić information content (AvgIpc) is 2.75. The van der Waals surface area contributed by atoms with E-state index in [0.29, 0.717) is 40.8 Å². The summed E-state index contributed by atoms with van der Waals surface area (Å²) < 4.78 is 5.74. The highest BCUT2D eigenvalue weighted by Crippen LogP contribution is 2.20. The van der Waals surface area contributed by atoms with Crippen LogP contribution in [0.5, 0.6) is 5.75 Å². The Morgan fingerprint density at radius 1 is 0.833 bits per heavy atom. The van der Waals surface area contributed by atoms with E-state index >= 15 is 0 Å². The number of rotatable bonds is 8. The zero-order chi connectivity index (χ0) is 21.3. The lowest BCUT2D eigenvalue weighted by Crippen LogP contribution is -2.18. The second-order valence-electron chi connectivity index (χ2n) is 7.38. The minimum atomic E-state index is -0.302. The fourth-order valence-electron chi connectivity index (χ4n) is 2.84. The Bertz CT molecular complexity index is 1000. The summed E-state index contributed by atoms with van der Waals surface area (Å²) >= 11 is 0. The van der Waals surface area contributed by atoms with Gasteiger partial charge in [0.1, 0.15) is 5.75 Å². The molecule has 0 atom stereocenters. The Kier molecular flexibility index (Phi) is 7.22. The van der Waals surface area contributed by atoms with E-state index < -0.39 is 0 Å². The molecule has 0 bridgehead atoms. The number of carbonyl (C=O) groups excluding carboxylic acids is 2. The van der Waals surface area contributed by atoms with Crippen molar-refractivity contribution in [3.8, 4) is 5.75 Å². The minimum absolute atomic E-state index is 0.289. The standard InChI is InChI=1S/C25H26N2O3/c1-18(2)15-16-30-21-12-8-9-19(17-21)24(28)27-23-14-7-6-13-22(23)25(29)26-20-10-4-3-5-11-20/h3-14,17-18H,15-16H2,1-2H3,(H,26,29)(H,27,28). The molecule has 3 aromatic rings. The number of carbonyl (C=O) groups is 2. The van der Waals surface area contributed by atoms with Gasteiger partial charge in [0.25, 0.3) is 11.8 Å². The van der Waals surface area contributed by atoms with Crippen molar-refractivity contribution in [1.82, 2.24) is 0 Å². The molecular formula is C25H26N2O3. The van der Waals surface area contributed by atoms with Gasteiger partial charge < -0.3 is 15.4 Å². The summed E-state index contributed by atoms with van der Waals surface area (Å²) in [5, 5.41) is 5.68. The maximum atomic E-state index is 12.8. The minimum Gasteiger partial charge on any atom is -0.494 e. The third-order valence-electron chi connectivity index (χ3n) is 4.51. The number of hydrogen-bond acceptors (Lipinski definition) is 3. The lowest BCUT2D eigenvalue weighted by Gasteiger charge is -2.12. The molecule has 30 heavy (non-hydrogen) atoms. The molecule has 0 spiro atoms. The highest BCUT2D eigenvalue weighted by atomic mass is 16.5. The van der Waals surface area contributed by atoms with Crippen LogP contribution < -0.4 is 15.4 Å². The summed E-state index contributed by atoms with van der Waals surface area (Å²) in [5.74, 6) is 0.612. The first-order valence-corrected chi connectivity index (χ1v) is 10.0. The van der Waals surface area contributed by atoms with Crippen LogP contribution in [0.2, 0.25) is 0 Å². The first-order valence-electron chi connectivity index (χ1n) is 10.0. The van der Waals surface area contributed by atoms with Crippen LogP contribution in [-0.2, 0) is 0 Å². The third kappa shape index (κ3) is 5.95. The van der Waals surface area contributed by atoms with Gasteiger partial charge in [0.05, 0.1) is 17.9 Å². The normalized spacial score (nSPS) is 10.5. The number of amides is 2. The highest BCUT2D eigenvalue weighted by Gasteiger charge is 2.15. The van der Waals surface area contributed by atoms with Crippen molar-refractivity contribution in [3.05, 3.63) is 90.0 Å². The molecule has 0 aliphatic carbocycles. The first-order chi connectivity index (χ1) is 14.5. The molecule has 0 saturated carbocycles. The molecule has 5 heteroatoms. The lowest BCUT2D eigenvalue weighted by molar-refractivity contribution is 0.102. The smallest absolute Gasteiger partial charge is 0.257 e. The number of nitrogens with one attached hydrogen (secondary N) is 2. The molecule has 0 aliphatic rings. The van der Waals surface area contributed by atoms with Gasteiger partial charge in [0.15, 0.2) is 0 Å². The van der Waals surface area contributed by atoms with E-state index in [1.54, 1.807) is 42.5 Å². The van der Waals surface area contributed by atoms with Crippen LogP contribution in [0.4, 0.5) is 11.4 Å². The van der Waals surface area contributed by atoms with Crippen molar-refractivity contribution in [2.24, 2.45) is 5.92 Å². The molecular weight excluding hydrogens is 376 g/mol. The molecule has 2 amide bonds. The summed E-state index contributed by atoms with van der Waals surface area (Å²) in [6, 6.07) is 23.2. The van der Waals surface area contributed by atoms with E-state index in [9.17, 15) is 9.59 Å². The van der Waals surface area contributed by atoms with E-state index in [1.165, 1.54) is 0 Å². The first kappa shape index (κ1) is 21.1. The van der Waals surface area contributed by atoms with Crippen molar-refractivity contribution in [2.45, 2.75) is 20.3 Å². The fraction of sp³-hybridized carbons (Fsp3) is 0.200. The van der Waals surface area contributed by atoms with E-state index in [4.69, 9.17) is 4.74 Å². The number of ether oxygens (including phenoxy) is 1. The molecule has 0 unspecified atom stereocenters. The van der Waals surface area contributed by atoms with Crippen LogP contribution in [0, 0.1) is 5.92 Å². The predicted octanol–water partition coefficient (Wildman–Crippen LogP) is 5.62. The van der Waals surface area contributed by atoms with Gasteiger partial charge in [-0.25, -0.2) is 0 Å². The van der Waals surface area contributed by atoms with Crippen molar-refractivity contribution >= 4 is 23.2 Å². The van der Waals surface area contributed by atoms with Crippen LogP contribution in [0.1, 0.15) is 41.0 Å². The molecule has 3 aromatic carbocycles. The molecule has 0 fully saturated rings.